The fourth-order valence-electron chi connectivity index (χ4n) is 3.95. The molecule has 0 aliphatic carbocycles. The Morgan fingerprint density at radius 1 is 1.11 bits per heavy atom. The standard InChI is InChI=1S/C21H21BrN4S/c1-13-11-17(14(2)26(13)16-8-6-7-15(22)12-16)20-19(24-21(27)25(20)3)18-9-4-5-10-23-18/h4-12,19-20H,1-3H3,(H,24,27)/t19-,20+/m0/s1. The van der Waals surface area contributed by atoms with E-state index in [9.17, 15) is 0 Å². The van der Waals surface area contributed by atoms with Gasteiger partial charge in [0.2, 0.25) is 0 Å². The molecule has 3 heterocycles. The minimum absolute atomic E-state index is 0.0279. The second-order valence-corrected chi connectivity index (χ2v) is 8.18. The van der Waals surface area contributed by atoms with Gasteiger partial charge in [0, 0.05) is 34.8 Å². The summed E-state index contributed by atoms with van der Waals surface area (Å²) in [6, 6.07) is 16.8. The van der Waals surface area contributed by atoms with Crippen molar-refractivity contribution in [1.29, 1.82) is 0 Å². The second kappa shape index (κ2) is 7.09. The van der Waals surface area contributed by atoms with Gasteiger partial charge >= 0.3 is 0 Å². The number of hydrogen-bond acceptors (Lipinski definition) is 2. The van der Waals surface area contributed by atoms with Crippen LogP contribution in [0.15, 0.2) is 59.2 Å². The Kier molecular flexibility index (Phi) is 4.78. The Bertz CT molecular complexity index is 999. The van der Waals surface area contributed by atoms with Gasteiger partial charge in [-0.05, 0) is 68.0 Å². The lowest BCUT2D eigenvalue weighted by atomic mass is 9.97. The molecule has 27 heavy (non-hydrogen) atoms. The lowest BCUT2D eigenvalue weighted by Gasteiger charge is -2.24. The first-order valence-electron chi connectivity index (χ1n) is 8.86. The summed E-state index contributed by atoms with van der Waals surface area (Å²) in [5.74, 6) is 0. The Labute approximate surface area is 173 Å². The van der Waals surface area contributed by atoms with Crippen molar-refractivity contribution in [3.8, 4) is 5.69 Å². The van der Waals surface area contributed by atoms with Crippen LogP contribution in [0.3, 0.4) is 0 Å². The lowest BCUT2D eigenvalue weighted by Crippen LogP contribution is -2.25. The molecule has 6 heteroatoms. The first-order valence-corrected chi connectivity index (χ1v) is 10.1. The molecule has 1 aliphatic rings. The molecular formula is C21H21BrN4S. The van der Waals surface area contributed by atoms with Crippen molar-refractivity contribution in [2.45, 2.75) is 25.9 Å². The first-order chi connectivity index (χ1) is 13.0. The third-order valence-corrected chi connectivity index (χ3v) is 6.09. The number of nitrogens with zero attached hydrogens (tertiary/aromatic N) is 3. The van der Waals surface area contributed by atoms with Crippen molar-refractivity contribution in [1.82, 2.24) is 19.8 Å². The smallest absolute Gasteiger partial charge is 0.169 e. The summed E-state index contributed by atoms with van der Waals surface area (Å²) in [6.07, 6.45) is 1.83. The van der Waals surface area contributed by atoms with Crippen molar-refractivity contribution in [2.24, 2.45) is 0 Å². The number of aryl methyl sites for hydroxylation is 1. The van der Waals surface area contributed by atoms with Crippen LogP contribution < -0.4 is 5.32 Å². The molecule has 0 unspecified atom stereocenters. The first kappa shape index (κ1) is 18.2. The minimum Gasteiger partial charge on any atom is -0.352 e. The highest BCUT2D eigenvalue weighted by Gasteiger charge is 2.39. The van der Waals surface area contributed by atoms with Gasteiger partial charge in [-0.25, -0.2) is 0 Å². The number of benzene rings is 1. The summed E-state index contributed by atoms with van der Waals surface area (Å²) in [4.78, 5) is 6.71. The summed E-state index contributed by atoms with van der Waals surface area (Å²) in [5.41, 5.74) is 5.83. The quantitative estimate of drug-likeness (QED) is 0.589. The normalized spacial score (nSPS) is 19.4. The van der Waals surface area contributed by atoms with Gasteiger partial charge in [0.05, 0.1) is 17.8 Å². The van der Waals surface area contributed by atoms with Gasteiger partial charge in [0.15, 0.2) is 5.11 Å². The van der Waals surface area contributed by atoms with Gasteiger partial charge in [-0.1, -0.05) is 28.1 Å². The van der Waals surface area contributed by atoms with Crippen LogP contribution in [0, 0.1) is 13.8 Å². The van der Waals surface area contributed by atoms with Crippen molar-refractivity contribution in [3.63, 3.8) is 0 Å². The number of likely N-dealkylation sites (N-methyl/N-ethyl adjacent to an activating group) is 1. The number of aromatic nitrogens is 2. The molecule has 1 saturated heterocycles. The Morgan fingerprint density at radius 3 is 2.63 bits per heavy atom. The third-order valence-electron chi connectivity index (χ3n) is 5.19. The predicted octanol–water partition coefficient (Wildman–Crippen LogP) is 4.85. The van der Waals surface area contributed by atoms with Gasteiger partial charge in [-0.15, -0.1) is 0 Å². The van der Waals surface area contributed by atoms with Crippen LogP contribution >= 0.6 is 28.1 Å². The number of thiocarbonyl (C=S) groups is 1. The summed E-state index contributed by atoms with van der Waals surface area (Å²) in [5, 5.41) is 4.20. The maximum Gasteiger partial charge on any atom is 0.169 e. The van der Waals surface area contributed by atoms with Gasteiger partial charge in [0.25, 0.3) is 0 Å². The molecule has 2 atom stereocenters. The molecule has 4 rings (SSSR count). The van der Waals surface area contributed by atoms with Gasteiger partial charge in [-0.2, -0.15) is 0 Å². The summed E-state index contributed by atoms with van der Waals surface area (Å²) >= 11 is 9.15. The molecule has 0 amide bonds. The van der Waals surface area contributed by atoms with E-state index in [-0.39, 0.29) is 12.1 Å². The van der Waals surface area contributed by atoms with Crippen LogP contribution in [0.1, 0.15) is 34.7 Å². The number of hydrogen-bond donors (Lipinski definition) is 1. The van der Waals surface area contributed by atoms with Crippen LogP contribution in [-0.4, -0.2) is 26.6 Å². The second-order valence-electron chi connectivity index (χ2n) is 6.88. The van der Waals surface area contributed by atoms with E-state index in [0.29, 0.717) is 0 Å². The monoisotopic (exact) mass is 440 g/mol. The average molecular weight is 441 g/mol. The van der Waals surface area contributed by atoms with Gasteiger partial charge in [0.1, 0.15) is 0 Å². The molecule has 0 radical (unpaired) electrons. The fourth-order valence-corrected chi connectivity index (χ4v) is 4.57. The Hall–Kier alpha value is -2.18. The highest BCUT2D eigenvalue weighted by atomic mass is 79.9. The van der Waals surface area contributed by atoms with Crippen molar-refractivity contribution in [3.05, 3.63) is 81.8 Å². The lowest BCUT2D eigenvalue weighted by molar-refractivity contribution is 0.367. The summed E-state index contributed by atoms with van der Waals surface area (Å²) < 4.78 is 3.37. The fraction of sp³-hybridized carbons (Fsp3) is 0.238. The molecule has 1 aromatic carbocycles. The zero-order valence-electron chi connectivity index (χ0n) is 15.5. The minimum atomic E-state index is 0.0279. The molecule has 2 aromatic heterocycles. The van der Waals surface area contributed by atoms with E-state index < -0.39 is 0 Å². The van der Waals surface area contributed by atoms with Crippen LogP contribution in [0.4, 0.5) is 0 Å². The van der Waals surface area contributed by atoms with Crippen molar-refractivity contribution in [2.75, 3.05) is 7.05 Å². The number of pyridine rings is 1. The third kappa shape index (κ3) is 3.17. The van der Waals surface area contributed by atoms with E-state index in [0.717, 1.165) is 21.0 Å². The molecular weight excluding hydrogens is 420 g/mol. The molecule has 3 aromatic rings. The van der Waals surface area contributed by atoms with E-state index in [1.807, 2.05) is 31.4 Å². The summed E-state index contributed by atoms with van der Waals surface area (Å²) in [6.45, 7) is 4.32. The predicted molar refractivity (Wildman–Crippen MR) is 116 cm³/mol. The molecule has 0 saturated carbocycles. The Morgan fingerprint density at radius 2 is 1.93 bits per heavy atom. The molecule has 138 valence electrons. The highest BCUT2D eigenvalue weighted by Crippen LogP contribution is 2.40. The zero-order valence-corrected chi connectivity index (χ0v) is 17.9. The van der Waals surface area contributed by atoms with E-state index in [1.165, 1.54) is 17.0 Å². The van der Waals surface area contributed by atoms with E-state index in [2.05, 4.69) is 79.9 Å². The number of nitrogens with one attached hydrogen (secondary N) is 1. The molecule has 0 spiro atoms. The van der Waals surface area contributed by atoms with E-state index >= 15 is 0 Å². The Balaban J connectivity index is 1.82. The maximum absolute atomic E-state index is 5.56. The molecule has 0 bridgehead atoms. The van der Waals surface area contributed by atoms with Crippen molar-refractivity contribution >= 4 is 33.3 Å². The molecule has 1 fully saturated rings. The van der Waals surface area contributed by atoms with Crippen LogP contribution in [-0.2, 0) is 0 Å². The maximum atomic E-state index is 5.56. The molecule has 4 nitrogen and oxygen atoms in total. The highest BCUT2D eigenvalue weighted by molar-refractivity contribution is 9.10. The van der Waals surface area contributed by atoms with E-state index in [1.54, 1.807) is 0 Å². The summed E-state index contributed by atoms with van der Waals surface area (Å²) in [7, 11) is 2.05. The zero-order chi connectivity index (χ0) is 19.1. The van der Waals surface area contributed by atoms with E-state index in [4.69, 9.17) is 12.2 Å². The number of rotatable bonds is 3. The van der Waals surface area contributed by atoms with Gasteiger partial charge < -0.3 is 14.8 Å². The van der Waals surface area contributed by atoms with Crippen LogP contribution in [0.25, 0.3) is 5.69 Å². The van der Waals surface area contributed by atoms with Gasteiger partial charge in [-0.3, -0.25) is 4.98 Å². The van der Waals surface area contributed by atoms with Crippen LogP contribution in [0.2, 0.25) is 0 Å². The van der Waals surface area contributed by atoms with Crippen molar-refractivity contribution < 1.29 is 0 Å². The SMILES string of the molecule is Cc1cc([C@@H]2[C@H](c3ccccn3)NC(=S)N2C)c(C)n1-c1cccc(Br)c1. The molecule has 1 N–H and O–H groups in total. The average Bonchev–Trinajstić information content (AvgIpc) is 3.11. The topological polar surface area (TPSA) is 33.1 Å². The van der Waals surface area contributed by atoms with Crippen LogP contribution in [0.5, 0.6) is 0 Å². The number of halogens is 1. The molecule has 1 aliphatic heterocycles. The largest absolute Gasteiger partial charge is 0.352 e.